The molecule has 1 N–H and O–H groups in total. The Hall–Kier alpha value is 0.560. The SMILES string of the molecule is O=[P+](NCCCl)C1OCCCN1CCCl. The Kier molecular flexibility index (Phi) is 7.06. The first-order valence-electron chi connectivity index (χ1n) is 4.97. The zero-order valence-electron chi connectivity index (χ0n) is 8.49. The highest BCUT2D eigenvalue weighted by Gasteiger charge is 2.39. The summed E-state index contributed by atoms with van der Waals surface area (Å²) < 4.78 is 17.3. The maximum atomic E-state index is 11.8. The van der Waals surface area contributed by atoms with Crippen LogP contribution in [0.3, 0.4) is 0 Å². The minimum atomic E-state index is -1.59. The second-order valence-electron chi connectivity index (χ2n) is 3.20. The molecule has 2 atom stereocenters. The van der Waals surface area contributed by atoms with E-state index >= 15 is 0 Å². The monoisotopic (exact) mass is 273 g/mol. The third-order valence-electron chi connectivity index (χ3n) is 2.10. The van der Waals surface area contributed by atoms with Gasteiger partial charge in [-0.05, 0) is 11.0 Å². The van der Waals surface area contributed by atoms with Crippen LogP contribution in [-0.2, 0) is 9.30 Å². The summed E-state index contributed by atoms with van der Waals surface area (Å²) in [4.78, 5) is 2.01. The van der Waals surface area contributed by atoms with E-state index in [1.165, 1.54) is 0 Å². The van der Waals surface area contributed by atoms with Crippen LogP contribution >= 0.6 is 31.2 Å². The summed E-state index contributed by atoms with van der Waals surface area (Å²) in [5, 5.41) is 2.86. The van der Waals surface area contributed by atoms with Gasteiger partial charge in [-0.15, -0.1) is 28.3 Å². The molecule has 15 heavy (non-hydrogen) atoms. The molecule has 0 amide bonds. The lowest BCUT2D eigenvalue weighted by molar-refractivity contribution is -0.0418. The van der Waals surface area contributed by atoms with Crippen LogP contribution in [-0.4, -0.2) is 48.9 Å². The fourth-order valence-corrected chi connectivity index (χ4v) is 3.15. The van der Waals surface area contributed by atoms with Gasteiger partial charge in [0.15, 0.2) is 0 Å². The topological polar surface area (TPSA) is 41.6 Å². The number of ether oxygens (including phenoxy) is 1. The lowest BCUT2D eigenvalue weighted by Crippen LogP contribution is -2.43. The highest BCUT2D eigenvalue weighted by atomic mass is 35.5. The van der Waals surface area contributed by atoms with Gasteiger partial charge in [0.25, 0.3) is 0 Å². The Morgan fingerprint density at radius 2 is 2.27 bits per heavy atom. The smallest absolute Gasteiger partial charge is 0.321 e. The fourth-order valence-electron chi connectivity index (χ4n) is 1.45. The number of alkyl halides is 2. The van der Waals surface area contributed by atoms with E-state index in [0.717, 1.165) is 13.0 Å². The summed E-state index contributed by atoms with van der Waals surface area (Å²) >= 11 is 11.2. The first kappa shape index (κ1) is 13.6. The van der Waals surface area contributed by atoms with Crippen LogP contribution in [0.25, 0.3) is 0 Å². The average Bonchev–Trinajstić information content (AvgIpc) is 2.27. The summed E-state index contributed by atoms with van der Waals surface area (Å²) in [5.41, 5.74) is 0. The number of hydrogen-bond donors (Lipinski definition) is 1. The van der Waals surface area contributed by atoms with Crippen LogP contribution in [0, 0.1) is 0 Å². The van der Waals surface area contributed by atoms with Gasteiger partial charge in [0.1, 0.15) is 0 Å². The van der Waals surface area contributed by atoms with E-state index in [2.05, 4.69) is 5.09 Å². The summed E-state index contributed by atoms with van der Waals surface area (Å²) in [7, 11) is -1.59. The minimum Gasteiger partial charge on any atom is -0.321 e. The molecule has 88 valence electrons. The van der Waals surface area contributed by atoms with Gasteiger partial charge in [0, 0.05) is 24.8 Å². The molecule has 1 rings (SSSR count). The molecule has 0 aromatic heterocycles. The first-order valence-corrected chi connectivity index (χ1v) is 7.37. The molecule has 1 heterocycles. The Morgan fingerprint density at radius 1 is 1.47 bits per heavy atom. The summed E-state index contributed by atoms with van der Waals surface area (Å²) in [6.45, 7) is 2.79. The van der Waals surface area contributed by atoms with Crippen molar-refractivity contribution in [1.82, 2.24) is 9.99 Å². The fraction of sp³-hybridized carbons (Fsp3) is 1.00. The summed E-state index contributed by atoms with van der Waals surface area (Å²) in [6, 6.07) is 0. The van der Waals surface area contributed by atoms with E-state index in [4.69, 9.17) is 27.9 Å². The molecular formula is C8H16Cl2N2O2P+. The zero-order chi connectivity index (χ0) is 11.1. The van der Waals surface area contributed by atoms with E-state index in [-0.39, 0.29) is 5.97 Å². The van der Waals surface area contributed by atoms with Crippen molar-refractivity contribution in [3.05, 3.63) is 0 Å². The molecule has 1 aliphatic rings. The van der Waals surface area contributed by atoms with Crippen molar-refractivity contribution in [3.8, 4) is 0 Å². The van der Waals surface area contributed by atoms with E-state index in [0.29, 0.717) is 31.5 Å². The molecule has 0 radical (unpaired) electrons. The van der Waals surface area contributed by atoms with E-state index in [9.17, 15) is 4.57 Å². The van der Waals surface area contributed by atoms with Crippen molar-refractivity contribution in [2.24, 2.45) is 0 Å². The molecule has 0 aromatic carbocycles. The molecule has 1 aliphatic heterocycles. The van der Waals surface area contributed by atoms with Gasteiger partial charge in [0.2, 0.25) is 0 Å². The maximum Gasteiger partial charge on any atom is 0.481 e. The minimum absolute atomic E-state index is 0.351. The van der Waals surface area contributed by atoms with Crippen LogP contribution in [0.2, 0.25) is 0 Å². The van der Waals surface area contributed by atoms with E-state index in [1.807, 2.05) is 4.90 Å². The average molecular weight is 274 g/mol. The predicted molar refractivity (Wildman–Crippen MR) is 63.0 cm³/mol. The molecule has 1 saturated heterocycles. The van der Waals surface area contributed by atoms with Gasteiger partial charge < -0.3 is 4.74 Å². The van der Waals surface area contributed by atoms with Gasteiger partial charge in [0.05, 0.1) is 13.2 Å². The largest absolute Gasteiger partial charge is 0.481 e. The van der Waals surface area contributed by atoms with Crippen LogP contribution < -0.4 is 5.09 Å². The molecule has 2 unspecified atom stereocenters. The van der Waals surface area contributed by atoms with Crippen molar-refractivity contribution in [1.29, 1.82) is 0 Å². The number of nitrogens with one attached hydrogen (secondary N) is 1. The van der Waals surface area contributed by atoms with Crippen molar-refractivity contribution >= 4 is 31.2 Å². The standard InChI is InChI=1S/C8H16Cl2N2O2P/c9-2-4-11-15(13)8-12(6-3-10)5-1-7-14-8/h8H,1-7H2,(H,11,13)/q+1. The third-order valence-corrected chi connectivity index (χ3v) is 3.87. The molecule has 0 spiro atoms. The lowest BCUT2D eigenvalue weighted by atomic mass is 10.4. The quantitative estimate of drug-likeness (QED) is 0.592. The highest BCUT2D eigenvalue weighted by molar-refractivity contribution is 7.42. The Morgan fingerprint density at radius 3 is 2.93 bits per heavy atom. The second-order valence-corrected chi connectivity index (χ2v) is 5.36. The van der Waals surface area contributed by atoms with Crippen LogP contribution in [0.4, 0.5) is 0 Å². The molecule has 4 nitrogen and oxygen atoms in total. The van der Waals surface area contributed by atoms with E-state index in [1.54, 1.807) is 0 Å². The molecule has 7 heteroatoms. The Balaban J connectivity index is 2.43. The van der Waals surface area contributed by atoms with Crippen molar-refractivity contribution < 1.29 is 9.30 Å². The predicted octanol–water partition coefficient (Wildman–Crippen LogP) is 1.80. The Bertz CT molecular complexity index is 207. The van der Waals surface area contributed by atoms with Crippen LogP contribution in [0.15, 0.2) is 0 Å². The molecule has 0 bridgehead atoms. The molecular weight excluding hydrogens is 258 g/mol. The number of halogens is 2. The summed E-state index contributed by atoms with van der Waals surface area (Å²) in [6.07, 6.45) is 0.964. The van der Waals surface area contributed by atoms with Crippen molar-refractivity contribution in [2.45, 2.75) is 12.4 Å². The van der Waals surface area contributed by atoms with E-state index < -0.39 is 7.95 Å². The number of hydrogen-bond acceptors (Lipinski definition) is 3. The highest BCUT2D eigenvalue weighted by Crippen LogP contribution is 2.30. The Labute approximate surface area is 101 Å². The number of rotatable bonds is 6. The molecule has 0 saturated carbocycles. The lowest BCUT2D eigenvalue weighted by Gasteiger charge is -2.27. The number of nitrogens with zero attached hydrogens (tertiary/aromatic N) is 1. The first-order chi connectivity index (χ1) is 7.29. The summed E-state index contributed by atoms with van der Waals surface area (Å²) in [5.74, 6) is 0.623. The zero-order valence-corrected chi connectivity index (χ0v) is 10.9. The van der Waals surface area contributed by atoms with Gasteiger partial charge >= 0.3 is 13.9 Å². The van der Waals surface area contributed by atoms with Gasteiger partial charge in [-0.1, -0.05) is 0 Å². The molecule has 0 aliphatic carbocycles. The van der Waals surface area contributed by atoms with Crippen molar-refractivity contribution in [3.63, 3.8) is 0 Å². The molecule has 0 aromatic rings. The molecule has 1 fully saturated rings. The van der Waals surface area contributed by atoms with Crippen LogP contribution in [0.5, 0.6) is 0 Å². The maximum absolute atomic E-state index is 11.8. The van der Waals surface area contributed by atoms with Crippen LogP contribution in [0.1, 0.15) is 6.42 Å². The van der Waals surface area contributed by atoms with Gasteiger partial charge in [-0.3, -0.25) is 0 Å². The van der Waals surface area contributed by atoms with Gasteiger partial charge in [-0.2, -0.15) is 0 Å². The van der Waals surface area contributed by atoms with Gasteiger partial charge in [-0.25, -0.2) is 4.90 Å². The third kappa shape index (κ3) is 4.51. The normalized spacial score (nSPS) is 24.1. The second kappa shape index (κ2) is 7.77. The van der Waals surface area contributed by atoms with Crippen molar-refractivity contribution in [2.75, 3.05) is 38.0 Å².